The second-order valence-corrected chi connectivity index (χ2v) is 9.20. The van der Waals surface area contributed by atoms with Crippen LogP contribution < -0.4 is 0 Å². The number of nitrogens with zero attached hydrogens (tertiary/aromatic N) is 3. The smallest absolute Gasteiger partial charge is 0.222 e. The van der Waals surface area contributed by atoms with E-state index in [0.717, 1.165) is 51.1 Å². The van der Waals surface area contributed by atoms with Gasteiger partial charge in [-0.15, -0.1) is 0 Å². The van der Waals surface area contributed by atoms with Crippen LogP contribution in [-0.4, -0.2) is 63.8 Å². The molecule has 146 valence electrons. The fourth-order valence-electron chi connectivity index (χ4n) is 4.23. The third-order valence-electron chi connectivity index (χ3n) is 6.04. The SMILES string of the molecule is CC(C)(C)c1cc(CN2CCC3(CCC(=O)N(CCCO)C3)CC2)[nH]n1. The summed E-state index contributed by atoms with van der Waals surface area (Å²) < 4.78 is 0. The number of hydrogen-bond acceptors (Lipinski definition) is 4. The van der Waals surface area contributed by atoms with Gasteiger partial charge in [-0.1, -0.05) is 20.8 Å². The molecule has 6 nitrogen and oxygen atoms in total. The van der Waals surface area contributed by atoms with Crippen molar-refractivity contribution in [3.63, 3.8) is 0 Å². The van der Waals surface area contributed by atoms with Gasteiger partial charge in [0.2, 0.25) is 5.91 Å². The van der Waals surface area contributed by atoms with Crippen LogP contribution in [0.3, 0.4) is 0 Å². The van der Waals surface area contributed by atoms with Crippen molar-refractivity contribution in [2.75, 3.05) is 32.8 Å². The molecule has 0 aliphatic carbocycles. The number of carbonyl (C=O) groups excluding carboxylic acids is 1. The molecule has 1 spiro atoms. The number of carbonyl (C=O) groups is 1. The van der Waals surface area contributed by atoms with E-state index in [9.17, 15) is 4.79 Å². The van der Waals surface area contributed by atoms with Gasteiger partial charge in [0, 0.05) is 43.8 Å². The van der Waals surface area contributed by atoms with Crippen LogP contribution in [0.4, 0.5) is 0 Å². The van der Waals surface area contributed by atoms with E-state index in [4.69, 9.17) is 5.11 Å². The number of hydrogen-bond donors (Lipinski definition) is 2. The molecule has 2 saturated heterocycles. The Morgan fingerprint density at radius 1 is 1.27 bits per heavy atom. The molecule has 2 N–H and O–H groups in total. The monoisotopic (exact) mass is 362 g/mol. The number of aromatic amines is 1. The number of piperidine rings is 2. The van der Waals surface area contributed by atoms with Crippen molar-refractivity contribution in [1.29, 1.82) is 0 Å². The summed E-state index contributed by atoms with van der Waals surface area (Å²) in [4.78, 5) is 16.6. The maximum absolute atomic E-state index is 12.1. The lowest BCUT2D eigenvalue weighted by Gasteiger charge is -2.47. The standard InChI is InChI=1S/C20H34N4O2/c1-19(2,3)17-13-16(21-22-17)14-23-10-7-20(8-11-23)6-5-18(26)24(15-20)9-4-12-25/h13,25H,4-12,14-15H2,1-3H3,(H,21,22). The average Bonchev–Trinajstić information content (AvgIpc) is 3.07. The minimum atomic E-state index is 0.0768. The van der Waals surface area contributed by atoms with Crippen LogP contribution in [0.5, 0.6) is 0 Å². The number of aromatic nitrogens is 2. The van der Waals surface area contributed by atoms with Crippen LogP contribution in [0.15, 0.2) is 6.07 Å². The maximum atomic E-state index is 12.1. The highest BCUT2D eigenvalue weighted by molar-refractivity contribution is 5.77. The molecule has 1 aromatic heterocycles. The summed E-state index contributed by atoms with van der Waals surface area (Å²) in [7, 11) is 0. The highest BCUT2D eigenvalue weighted by Crippen LogP contribution is 2.40. The second-order valence-electron chi connectivity index (χ2n) is 9.20. The Balaban J connectivity index is 1.53. The molecule has 2 aliphatic rings. The average molecular weight is 363 g/mol. The molecule has 3 heterocycles. The molecule has 0 aromatic carbocycles. The van der Waals surface area contributed by atoms with Crippen molar-refractivity contribution >= 4 is 5.91 Å². The number of nitrogens with one attached hydrogen (secondary N) is 1. The quantitative estimate of drug-likeness (QED) is 0.843. The van der Waals surface area contributed by atoms with Crippen molar-refractivity contribution in [2.24, 2.45) is 5.41 Å². The Morgan fingerprint density at radius 3 is 2.62 bits per heavy atom. The van der Waals surface area contributed by atoms with E-state index < -0.39 is 0 Å². The van der Waals surface area contributed by atoms with Gasteiger partial charge < -0.3 is 10.0 Å². The Kier molecular flexibility index (Phi) is 5.72. The number of aliphatic hydroxyl groups is 1. The topological polar surface area (TPSA) is 72.5 Å². The molecule has 0 saturated carbocycles. The van der Waals surface area contributed by atoms with Crippen LogP contribution in [-0.2, 0) is 16.8 Å². The fraction of sp³-hybridized carbons (Fsp3) is 0.800. The maximum Gasteiger partial charge on any atom is 0.222 e. The second kappa shape index (κ2) is 7.69. The molecule has 2 aliphatic heterocycles. The lowest BCUT2D eigenvalue weighted by atomic mass is 9.72. The summed E-state index contributed by atoms with van der Waals surface area (Å²) in [6.45, 7) is 11.4. The molecular weight excluding hydrogens is 328 g/mol. The molecule has 26 heavy (non-hydrogen) atoms. The normalized spacial score (nSPS) is 21.5. The first kappa shape index (κ1) is 19.4. The number of rotatable bonds is 5. The van der Waals surface area contributed by atoms with Crippen molar-refractivity contribution in [3.8, 4) is 0 Å². The molecule has 0 bridgehead atoms. The lowest BCUT2D eigenvalue weighted by Crippen LogP contribution is -2.51. The highest BCUT2D eigenvalue weighted by Gasteiger charge is 2.40. The molecule has 0 radical (unpaired) electrons. The van der Waals surface area contributed by atoms with Gasteiger partial charge in [-0.25, -0.2) is 0 Å². The Morgan fingerprint density at radius 2 is 2.00 bits per heavy atom. The van der Waals surface area contributed by atoms with Gasteiger partial charge in [-0.05, 0) is 50.3 Å². The fourth-order valence-corrected chi connectivity index (χ4v) is 4.23. The van der Waals surface area contributed by atoms with Crippen molar-refractivity contribution in [1.82, 2.24) is 20.0 Å². The predicted octanol–water partition coefficient (Wildman–Crippen LogP) is 2.29. The summed E-state index contributed by atoms with van der Waals surface area (Å²) >= 11 is 0. The van der Waals surface area contributed by atoms with E-state index in [1.54, 1.807) is 0 Å². The predicted molar refractivity (Wildman–Crippen MR) is 102 cm³/mol. The van der Waals surface area contributed by atoms with Gasteiger partial charge in [-0.3, -0.25) is 14.8 Å². The van der Waals surface area contributed by atoms with Gasteiger partial charge in [0.1, 0.15) is 0 Å². The Hall–Kier alpha value is -1.40. The first-order valence-corrected chi connectivity index (χ1v) is 9.97. The third kappa shape index (κ3) is 4.46. The van der Waals surface area contributed by atoms with E-state index in [2.05, 4.69) is 41.9 Å². The van der Waals surface area contributed by atoms with E-state index in [-0.39, 0.29) is 23.3 Å². The molecule has 6 heteroatoms. The van der Waals surface area contributed by atoms with Crippen molar-refractivity contribution in [2.45, 2.75) is 64.8 Å². The molecule has 1 aromatic rings. The Bertz CT molecular complexity index is 612. The molecule has 0 unspecified atom stereocenters. The number of amides is 1. The molecule has 3 rings (SSSR count). The van der Waals surface area contributed by atoms with Gasteiger partial charge in [-0.2, -0.15) is 5.10 Å². The van der Waals surface area contributed by atoms with E-state index in [0.29, 0.717) is 19.4 Å². The summed E-state index contributed by atoms with van der Waals surface area (Å²) in [6.07, 6.45) is 4.67. The van der Waals surface area contributed by atoms with Gasteiger partial charge in [0.15, 0.2) is 0 Å². The summed E-state index contributed by atoms with van der Waals surface area (Å²) in [6, 6.07) is 2.19. The van der Waals surface area contributed by atoms with E-state index in [1.807, 2.05) is 4.90 Å². The first-order valence-electron chi connectivity index (χ1n) is 9.97. The summed E-state index contributed by atoms with van der Waals surface area (Å²) in [5, 5.41) is 16.7. The zero-order valence-corrected chi connectivity index (χ0v) is 16.6. The van der Waals surface area contributed by atoms with E-state index >= 15 is 0 Å². The van der Waals surface area contributed by atoms with Crippen LogP contribution in [0.2, 0.25) is 0 Å². The van der Waals surface area contributed by atoms with Crippen LogP contribution in [0.25, 0.3) is 0 Å². The molecule has 0 atom stereocenters. The zero-order valence-electron chi connectivity index (χ0n) is 16.6. The minimum absolute atomic E-state index is 0.0768. The van der Waals surface area contributed by atoms with Crippen LogP contribution in [0.1, 0.15) is 64.3 Å². The lowest BCUT2D eigenvalue weighted by molar-refractivity contribution is -0.139. The van der Waals surface area contributed by atoms with Crippen molar-refractivity contribution in [3.05, 3.63) is 17.5 Å². The number of H-pyrrole nitrogens is 1. The zero-order chi connectivity index (χ0) is 18.8. The first-order chi connectivity index (χ1) is 12.3. The van der Waals surface area contributed by atoms with Gasteiger partial charge in [0.05, 0.1) is 5.69 Å². The van der Waals surface area contributed by atoms with Crippen LogP contribution >= 0.6 is 0 Å². The summed E-state index contributed by atoms with van der Waals surface area (Å²) in [5.74, 6) is 0.263. The number of likely N-dealkylation sites (tertiary alicyclic amines) is 2. The molecule has 2 fully saturated rings. The van der Waals surface area contributed by atoms with Crippen molar-refractivity contribution < 1.29 is 9.90 Å². The van der Waals surface area contributed by atoms with Crippen LogP contribution in [0, 0.1) is 5.41 Å². The van der Waals surface area contributed by atoms with Gasteiger partial charge in [0.25, 0.3) is 0 Å². The van der Waals surface area contributed by atoms with E-state index in [1.165, 1.54) is 5.69 Å². The molecule has 1 amide bonds. The number of aliphatic hydroxyl groups excluding tert-OH is 1. The Labute approximate surface area is 156 Å². The largest absolute Gasteiger partial charge is 0.396 e. The molecular formula is C20H34N4O2. The highest BCUT2D eigenvalue weighted by atomic mass is 16.3. The third-order valence-corrected chi connectivity index (χ3v) is 6.04. The van der Waals surface area contributed by atoms with Gasteiger partial charge >= 0.3 is 0 Å². The summed E-state index contributed by atoms with van der Waals surface area (Å²) in [5.41, 5.74) is 2.66. The minimum Gasteiger partial charge on any atom is -0.396 e.